The van der Waals surface area contributed by atoms with Gasteiger partial charge in [-0.1, -0.05) is 39.9 Å². The molecule has 0 rings (SSSR count). The third-order valence-corrected chi connectivity index (χ3v) is 9.32. The van der Waals surface area contributed by atoms with Gasteiger partial charge in [-0.05, 0) is 18.1 Å². The Morgan fingerprint density at radius 2 is 1.94 bits per heavy atom. The molecular weight excluding hydrogens is 214 g/mol. The summed E-state index contributed by atoms with van der Waals surface area (Å²) in [5.41, 5.74) is 0. The van der Waals surface area contributed by atoms with E-state index in [2.05, 4.69) is 45.8 Å². The Bertz CT molecular complexity index is 208. The summed E-state index contributed by atoms with van der Waals surface area (Å²) in [7, 11) is 0.805. The summed E-state index contributed by atoms with van der Waals surface area (Å²) in [5, 5.41) is 3.81. The van der Waals surface area contributed by atoms with Crippen LogP contribution in [0.5, 0.6) is 0 Å². The zero-order valence-electron chi connectivity index (χ0n) is 11.9. The first-order valence-electron chi connectivity index (χ1n) is 6.10. The quantitative estimate of drug-likeness (QED) is 0.421. The molecule has 1 N–H and O–H groups in total. The highest BCUT2D eigenvalue weighted by Crippen LogP contribution is 2.39. The number of rotatable bonds is 7. The summed E-state index contributed by atoms with van der Waals surface area (Å²) in [6, 6.07) is 1.73. The number of nitrogens with one attached hydrogen (secondary N) is 1. The summed E-state index contributed by atoms with van der Waals surface area (Å²) in [6.45, 7) is 17.1. The maximum Gasteiger partial charge on any atom is 0.0645 e. The van der Waals surface area contributed by atoms with Gasteiger partial charge in [0, 0.05) is 6.04 Å². The largest absolute Gasteiger partial charge is 0.376 e. The van der Waals surface area contributed by atoms with Crippen LogP contribution in [0.25, 0.3) is 0 Å². The van der Waals surface area contributed by atoms with Crippen molar-refractivity contribution in [3.05, 3.63) is 12.7 Å². The third-order valence-electron chi connectivity index (χ3n) is 3.75. The molecule has 0 heterocycles. The zero-order chi connectivity index (χ0) is 12.8. The minimum Gasteiger partial charge on any atom is -0.376 e. The predicted molar refractivity (Wildman–Crippen MR) is 75.9 cm³/mol. The molecule has 0 bridgehead atoms. The molecule has 0 unspecified atom stereocenters. The summed E-state index contributed by atoms with van der Waals surface area (Å²) < 4.78 is 5.54. The van der Waals surface area contributed by atoms with Crippen molar-refractivity contribution in [3.8, 4) is 0 Å². The highest BCUT2D eigenvalue weighted by atomic mass is 28.3. The van der Waals surface area contributed by atoms with E-state index in [1.165, 1.54) is 6.04 Å². The van der Waals surface area contributed by atoms with Crippen LogP contribution in [0.2, 0.25) is 24.2 Å². The molecule has 0 aromatic carbocycles. The average Bonchev–Trinajstić information content (AvgIpc) is 2.14. The van der Waals surface area contributed by atoms with Crippen LogP contribution >= 0.6 is 0 Å². The summed E-state index contributed by atoms with van der Waals surface area (Å²) >= 11 is 0. The Kier molecular flexibility index (Phi) is 6.52. The summed E-state index contributed by atoms with van der Waals surface area (Å²) in [5.74, 6) is 0. The maximum absolute atomic E-state index is 5.54. The molecule has 0 amide bonds. The SMILES string of the molecule is C=CCOC[C@H](C[Si](C)(C)C(C)(C)C)NC. The van der Waals surface area contributed by atoms with Gasteiger partial charge < -0.3 is 10.1 Å². The lowest BCUT2D eigenvalue weighted by molar-refractivity contribution is 0.142. The van der Waals surface area contributed by atoms with E-state index >= 15 is 0 Å². The van der Waals surface area contributed by atoms with Crippen molar-refractivity contribution in [2.45, 2.75) is 51.0 Å². The molecule has 3 heteroatoms. The van der Waals surface area contributed by atoms with Gasteiger partial charge in [-0.3, -0.25) is 0 Å². The topological polar surface area (TPSA) is 21.3 Å². The zero-order valence-corrected chi connectivity index (χ0v) is 12.9. The fourth-order valence-electron chi connectivity index (χ4n) is 1.46. The van der Waals surface area contributed by atoms with E-state index in [0.29, 0.717) is 17.7 Å². The summed E-state index contributed by atoms with van der Waals surface area (Å²) in [6.07, 6.45) is 1.80. The lowest BCUT2D eigenvalue weighted by Gasteiger charge is -2.39. The van der Waals surface area contributed by atoms with Gasteiger partial charge >= 0.3 is 0 Å². The van der Waals surface area contributed by atoms with E-state index in [9.17, 15) is 0 Å². The van der Waals surface area contributed by atoms with Crippen LogP contribution in [0.3, 0.4) is 0 Å². The summed E-state index contributed by atoms with van der Waals surface area (Å²) in [4.78, 5) is 0. The van der Waals surface area contributed by atoms with Gasteiger partial charge in [0.2, 0.25) is 0 Å². The molecule has 0 radical (unpaired) electrons. The molecule has 0 saturated heterocycles. The van der Waals surface area contributed by atoms with Crippen molar-refractivity contribution in [2.24, 2.45) is 0 Å². The molecule has 16 heavy (non-hydrogen) atoms. The van der Waals surface area contributed by atoms with Crippen LogP contribution < -0.4 is 5.32 Å². The molecule has 0 aromatic rings. The van der Waals surface area contributed by atoms with Crippen LogP contribution in [-0.2, 0) is 4.74 Å². The Balaban J connectivity index is 4.25. The van der Waals surface area contributed by atoms with Gasteiger partial charge in [-0.15, -0.1) is 6.58 Å². The second-order valence-corrected chi connectivity index (χ2v) is 11.8. The van der Waals surface area contributed by atoms with Crippen LogP contribution in [0.4, 0.5) is 0 Å². The predicted octanol–water partition coefficient (Wildman–Crippen LogP) is 3.29. The van der Waals surface area contributed by atoms with Gasteiger partial charge in [-0.2, -0.15) is 0 Å². The maximum atomic E-state index is 5.54. The lowest BCUT2D eigenvalue weighted by Crippen LogP contribution is -2.45. The van der Waals surface area contributed by atoms with Crippen LogP contribution in [0, 0.1) is 0 Å². The van der Waals surface area contributed by atoms with Crippen LogP contribution in [0.15, 0.2) is 12.7 Å². The van der Waals surface area contributed by atoms with E-state index in [1.807, 2.05) is 7.05 Å². The second kappa shape index (κ2) is 6.57. The normalized spacial score (nSPS) is 14.9. The van der Waals surface area contributed by atoms with E-state index in [1.54, 1.807) is 6.08 Å². The monoisotopic (exact) mass is 243 g/mol. The molecule has 0 aliphatic carbocycles. The molecular formula is C13H29NOSi. The molecule has 0 saturated carbocycles. The molecule has 2 nitrogen and oxygen atoms in total. The Morgan fingerprint density at radius 3 is 2.31 bits per heavy atom. The molecule has 0 fully saturated rings. The Hall–Kier alpha value is -0.123. The van der Waals surface area contributed by atoms with Crippen molar-refractivity contribution >= 4 is 8.07 Å². The molecule has 96 valence electrons. The minimum absolute atomic E-state index is 0.445. The van der Waals surface area contributed by atoms with E-state index in [0.717, 1.165) is 6.61 Å². The first-order valence-corrected chi connectivity index (χ1v) is 9.31. The molecule has 1 atom stereocenters. The molecule has 0 aliphatic heterocycles. The molecule has 0 aliphatic rings. The van der Waals surface area contributed by atoms with Crippen molar-refractivity contribution in [1.82, 2.24) is 5.32 Å². The third kappa shape index (κ3) is 5.28. The first-order chi connectivity index (χ1) is 7.24. The fraction of sp³-hybridized carbons (Fsp3) is 0.846. The average molecular weight is 243 g/mol. The van der Waals surface area contributed by atoms with Crippen molar-refractivity contribution in [3.63, 3.8) is 0 Å². The van der Waals surface area contributed by atoms with Gasteiger partial charge in [-0.25, -0.2) is 0 Å². The van der Waals surface area contributed by atoms with Crippen molar-refractivity contribution in [2.75, 3.05) is 20.3 Å². The number of ether oxygens (including phenoxy) is 1. The van der Waals surface area contributed by atoms with Gasteiger partial charge in [0.25, 0.3) is 0 Å². The molecule has 0 spiro atoms. The number of likely N-dealkylation sites (N-methyl/N-ethyl adjacent to an activating group) is 1. The lowest BCUT2D eigenvalue weighted by atomic mass is 10.2. The van der Waals surface area contributed by atoms with E-state index in [-0.39, 0.29) is 0 Å². The molecule has 0 aromatic heterocycles. The van der Waals surface area contributed by atoms with Gasteiger partial charge in [0.15, 0.2) is 0 Å². The van der Waals surface area contributed by atoms with Gasteiger partial charge in [0.1, 0.15) is 0 Å². The van der Waals surface area contributed by atoms with E-state index in [4.69, 9.17) is 4.74 Å². The number of hydrogen-bond donors (Lipinski definition) is 1. The van der Waals surface area contributed by atoms with Crippen LogP contribution in [-0.4, -0.2) is 34.4 Å². The van der Waals surface area contributed by atoms with Crippen LogP contribution in [0.1, 0.15) is 20.8 Å². The number of hydrogen-bond acceptors (Lipinski definition) is 2. The van der Waals surface area contributed by atoms with Crippen molar-refractivity contribution < 1.29 is 4.74 Å². The fourth-order valence-corrected chi connectivity index (χ4v) is 3.63. The highest BCUT2D eigenvalue weighted by molar-refractivity contribution is 6.80. The van der Waals surface area contributed by atoms with Crippen molar-refractivity contribution in [1.29, 1.82) is 0 Å². The van der Waals surface area contributed by atoms with Gasteiger partial charge in [0.05, 0.1) is 21.3 Å². The first kappa shape index (κ1) is 15.9. The smallest absolute Gasteiger partial charge is 0.0645 e. The standard InChI is InChI=1S/C13H29NOSi/c1-8-9-15-10-12(14-5)11-16(6,7)13(2,3)4/h8,12,14H,1,9-11H2,2-7H3/t12-/m1/s1. The van der Waals surface area contributed by atoms with E-state index < -0.39 is 8.07 Å². The highest BCUT2D eigenvalue weighted by Gasteiger charge is 2.36. The Labute approximate surface area is 102 Å². The Morgan fingerprint density at radius 1 is 1.38 bits per heavy atom. The second-order valence-electron chi connectivity index (χ2n) is 6.15. The minimum atomic E-state index is -1.22.